The maximum absolute atomic E-state index is 6.00. The minimum Gasteiger partial charge on any atom is -0.495 e. The number of hydrogen-bond acceptors (Lipinski definition) is 3. The number of pyridine rings is 1. The Hall–Kier alpha value is -1.58. The number of hydrogen-bond donors (Lipinski definition) is 1. The predicted molar refractivity (Wildman–Crippen MR) is 69.1 cm³/mol. The molecular formula is C13H13ClN2O. The molecule has 0 bridgehead atoms. The summed E-state index contributed by atoms with van der Waals surface area (Å²) in [4.78, 5) is 4.13. The summed E-state index contributed by atoms with van der Waals surface area (Å²) in [6.07, 6.45) is 3.43. The summed E-state index contributed by atoms with van der Waals surface area (Å²) >= 11 is 6.00. The van der Waals surface area contributed by atoms with E-state index in [2.05, 4.69) is 4.98 Å². The Kier molecular flexibility index (Phi) is 3.61. The summed E-state index contributed by atoms with van der Waals surface area (Å²) in [5, 5.41) is 0.681. The largest absolute Gasteiger partial charge is 0.495 e. The summed E-state index contributed by atoms with van der Waals surface area (Å²) in [6, 6.07) is 7.57. The lowest BCUT2D eigenvalue weighted by molar-refractivity contribution is 0.413. The third kappa shape index (κ3) is 2.57. The highest BCUT2D eigenvalue weighted by molar-refractivity contribution is 6.30. The molecule has 0 saturated heterocycles. The van der Waals surface area contributed by atoms with Crippen LogP contribution < -0.4 is 10.5 Å². The van der Waals surface area contributed by atoms with Gasteiger partial charge in [0.15, 0.2) is 0 Å². The maximum atomic E-state index is 6.00. The summed E-state index contributed by atoms with van der Waals surface area (Å²) in [5.41, 5.74) is 8.69. The number of rotatable bonds is 3. The number of halogens is 1. The molecule has 4 heteroatoms. The summed E-state index contributed by atoms with van der Waals surface area (Å²) in [7, 11) is 1.61. The number of benzene rings is 1. The molecule has 0 radical (unpaired) electrons. The van der Waals surface area contributed by atoms with Crippen LogP contribution in [0, 0.1) is 0 Å². The molecule has 1 aromatic heterocycles. The van der Waals surface area contributed by atoms with Crippen LogP contribution in [0.25, 0.3) is 11.1 Å². The van der Waals surface area contributed by atoms with Gasteiger partial charge in [-0.15, -0.1) is 0 Å². The van der Waals surface area contributed by atoms with E-state index in [0.29, 0.717) is 17.3 Å². The van der Waals surface area contributed by atoms with Crippen LogP contribution in [0.1, 0.15) is 5.56 Å². The van der Waals surface area contributed by atoms with E-state index >= 15 is 0 Å². The molecule has 2 N–H and O–H groups in total. The van der Waals surface area contributed by atoms with E-state index in [-0.39, 0.29) is 0 Å². The Morgan fingerprint density at radius 1 is 1.29 bits per heavy atom. The molecule has 0 aliphatic carbocycles. The molecule has 1 heterocycles. The van der Waals surface area contributed by atoms with Gasteiger partial charge in [-0.2, -0.15) is 0 Å². The number of nitrogens with two attached hydrogens (primary N) is 1. The molecule has 0 saturated carbocycles. The van der Waals surface area contributed by atoms with Crippen molar-refractivity contribution < 1.29 is 4.74 Å². The van der Waals surface area contributed by atoms with Gasteiger partial charge in [-0.1, -0.05) is 17.7 Å². The smallest absolute Gasteiger partial charge is 0.137 e. The minimum atomic E-state index is 0.462. The van der Waals surface area contributed by atoms with Crippen molar-refractivity contribution in [2.75, 3.05) is 7.11 Å². The Morgan fingerprint density at radius 2 is 2.12 bits per heavy atom. The van der Waals surface area contributed by atoms with Gasteiger partial charge in [0.25, 0.3) is 0 Å². The third-order valence-electron chi connectivity index (χ3n) is 2.55. The van der Waals surface area contributed by atoms with Crippen LogP contribution in [-0.2, 0) is 6.54 Å². The van der Waals surface area contributed by atoms with E-state index < -0.39 is 0 Å². The Bertz CT molecular complexity index is 529. The molecule has 0 fully saturated rings. The fraction of sp³-hybridized carbons (Fsp3) is 0.154. The van der Waals surface area contributed by atoms with Gasteiger partial charge in [0, 0.05) is 23.3 Å². The van der Waals surface area contributed by atoms with Crippen LogP contribution in [0.15, 0.2) is 36.7 Å². The lowest BCUT2D eigenvalue weighted by Crippen LogP contribution is -1.99. The van der Waals surface area contributed by atoms with Gasteiger partial charge in [-0.05, 0) is 29.3 Å². The molecular weight excluding hydrogens is 236 g/mol. The first kappa shape index (κ1) is 11.9. The average Bonchev–Trinajstić information content (AvgIpc) is 2.39. The highest BCUT2D eigenvalue weighted by atomic mass is 35.5. The van der Waals surface area contributed by atoms with Crippen molar-refractivity contribution in [3.63, 3.8) is 0 Å². The van der Waals surface area contributed by atoms with Gasteiger partial charge in [0.2, 0.25) is 0 Å². The Morgan fingerprint density at radius 3 is 2.82 bits per heavy atom. The van der Waals surface area contributed by atoms with Crippen LogP contribution in [0.3, 0.4) is 0 Å². The predicted octanol–water partition coefficient (Wildman–Crippen LogP) is 2.87. The Labute approximate surface area is 105 Å². The zero-order valence-electron chi connectivity index (χ0n) is 9.48. The molecule has 88 valence electrons. The number of aromatic nitrogens is 1. The van der Waals surface area contributed by atoms with Crippen molar-refractivity contribution in [3.05, 3.63) is 47.2 Å². The van der Waals surface area contributed by atoms with Crippen molar-refractivity contribution in [3.8, 4) is 16.9 Å². The molecule has 3 nitrogen and oxygen atoms in total. The summed E-state index contributed by atoms with van der Waals surface area (Å²) in [6.45, 7) is 0.462. The second-order valence-corrected chi connectivity index (χ2v) is 4.06. The maximum Gasteiger partial charge on any atom is 0.137 e. The normalized spacial score (nSPS) is 10.3. The Balaban J connectivity index is 2.54. The van der Waals surface area contributed by atoms with Gasteiger partial charge in [0.1, 0.15) is 5.75 Å². The van der Waals surface area contributed by atoms with Crippen LogP contribution in [0.4, 0.5) is 0 Å². The lowest BCUT2D eigenvalue weighted by Gasteiger charge is -2.09. The quantitative estimate of drug-likeness (QED) is 0.909. The van der Waals surface area contributed by atoms with Gasteiger partial charge in [0.05, 0.1) is 13.3 Å². The molecule has 17 heavy (non-hydrogen) atoms. The fourth-order valence-electron chi connectivity index (χ4n) is 1.67. The molecule has 1 aromatic carbocycles. The van der Waals surface area contributed by atoms with Crippen molar-refractivity contribution in [1.82, 2.24) is 4.98 Å². The van der Waals surface area contributed by atoms with Crippen molar-refractivity contribution in [1.29, 1.82) is 0 Å². The zero-order valence-corrected chi connectivity index (χ0v) is 10.2. The zero-order chi connectivity index (χ0) is 12.3. The molecule has 0 unspecified atom stereocenters. The average molecular weight is 249 g/mol. The van der Waals surface area contributed by atoms with E-state index in [1.807, 2.05) is 24.3 Å². The lowest BCUT2D eigenvalue weighted by atomic mass is 10.0. The monoisotopic (exact) mass is 248 g/mol. The van der Waals surface area contributed by atoms with E-state index in [1.54, 1.807) is 19.5 Å². The van der Waals surface area contributed by atoms with E-state index in [4.69, 9.17) is 22.1 Å². The topological polar surface area (TPSA) is 48.1 Å². The van der Waals surface area contributed by atoms with Gasteiger partial charge in [-0.3, -0.25) is 4.98 Å². The molecule has 0 atom stereocenters. The molecule has 0 amide bonds. The SMILES string of the molecule is COc1cncc(-c2cc(Cl)ccc2CN)c1. The van der Waals surface area contributed by atoms with Crippen LogP contribution in [-0.4, -0.2) is 12.1 Å². The van der Waals surface area contributed by atoms with Gasteiger partial charge < -0.3 is 10.5 Å². The van der Waals surface area contributed by atoms with E-state index in [9.17, 15) is 0 Å². The first-order chi connectivity index (χ1) is 8.24. The highest BCUT2D eigenvalue weighted by Crippen LogP contribution is 2.28. The molecule has 0 aliphatic heterocycles. The van der Waals surface area contributed by atoms with E-state index in [0.717, 1.165) is 16.7 Å². The van der Waals surface area contributed by atoms with Crippen molar-refractivity contribution in [2.24, 2.45) is 5.73 Å². The number of nitrogens with zero attached hydrogens (tertiary/aromatic N) is 1. The minimum absolute atomic E-state index is 0.462. The summed E-state index contributed by atoms with van der Waals surface area (Å²) in [5.74, 6) is 0.713. The molecule has 2 aromatic rings. The van der Waals surface area contributed by atoms with Gasteiger partial charge >= 0.3 is 0 Å². The second kappa shape index (κ2) is 5.17. The molecule has 0 aliphatic rings. The van der Waals surface area contributed by atoms with Crippen molar-refractivity contribution >= 4 is 11.6 Å². The van der Waals surface area contributed by atoms with Crippen LogP contribution >= 0.6 is 11.6 Å². The number of ether oxygens (including phenoxy) is 1. The van der Waals surface area contributed by atoms with Crippen LogP contribution in [0.5, 0.6) is 5.75 Å². The standard InChI is InChI=1S/C13H13ClN2O/c1-17-12-4-10(7-16-8-12)13-5-11(14)3-2-9(13)6-15/h2-5,7-8H,6,15H2,1H3. The highest BCUT2D eigenvalue weighted by Gasteiger charge is 2.06. The van der Waals surface area contributed by atoms with Crippen LogP contribution in [0.2, 0.25) is 5.02 Å². The van der Waals surface area contributed by atoms with Crippen molar-refractivity contribution in [2.45, 2.75) is 6.54 Å². The molecule has 0 spiro atoms. The third-order valence-corrected chi connectivity index (χ3v) is 2.79. The molecule has 2 rings (SSSR count). The second-order valence-electron chi connectivity index (χ2n) is 3.62. The first-order valence-corrected chi connectivity index (χ1v) is 5.60. The van der Waals surface area contributed by atoms with E-state index in [1.165, 1.54) is 0 Å². The first-order valence-electron chi connectivity index (χ1n) is 5.22. The number of methoxy groups -OCH3 is 1. The summed E-state index contributed by atoms with van der Waals surface area (Å²) < 4.78 is 5.15. The fourth-order valence-corrected chi connectivity index (χ4v) is 1.85. The van der Waals surface area contributed by atoms with Gasteiger partial charge in [-0.25, -0.2) is 0 Å².